The molecule has 0 radical (unpaired) electrons. The first-order chi connectivity index (χ1) is 9.58. The Morgan fingerprint density at radius 1 is 1.35 bits per heavy atom. The van der Waals surface area contributed by atoms with Gasteiger partial charge in [-0.15, -0.1) is 0 Å². The number of hydrogen-bond acceptors (Lipinski definition) is 3. The van der Waals surface area contributed by atoms with Crippen LogP contribution >= 0.6 is 0 Å². The standard InChI is InChI=1S/C16H23NO3/c1-12(2)14-5-3-4-6-15(14)20-11-16(19)17-9-7-13(18)8-10-17/h3-6,12-13,18H,7-11H2,1-2H3. The molecule has 110 valence electrons. The van der Waals surface area contributed by atoms with Crippen molar-refractivity contribution in [2.24, 2.45) is 0 Å². The Balaban J connectivity index is 1.90. The van der Waals surface area contributed by atoms with E-state index in [4.69, 9.17) is 4.74 Å². The van der Waals surface area contributed by atoms with Crippen molar-refractivity contribution in [1.29, 1.82) is 0 Å². The summed E-state index contributed by atoms with van der Waals surface area (Å²) >= 11 is 0. The molecule has 4 heteroatoms. The Kier molecular flexibility index (Phi) is 5.01. The van der Waals surface area contributed by atoms with E-state index in [2.05, 4.69) is 13.8 Å². The molecule has 2 rings (SSSR count). The molecule has 0 saturated carbocycles. The quantitative estimate of drug-likeness (QED) is 0.917. The smallest absolute Gasteiger partial charge is 0.260 e. The van der Waals surface area contributed by atoms with Gasteiger partial charge < -0.3 is 14.7 Å². The van der Waals surface area contributed by atoms with E-state index < -0.39 is 0 Å². The molecular weight excluding hydrogens is 254 g/mol. The highest BCUT2D eigenvalue weighted by Crippen LogP contribution is 2.25. The topological polar surface area (TPSA) is 49.8 Å². The summed E-state index contributed by atoms with van der Waals surface area (Å²) in [5.74, 6) is 1.15. The van der Waals surface area contributed by atoms with E-state index in [1.165, 1.54) is 0 Å². The van der Waals surface area contributed by atoms with Gasteiger partial charge in [0.05, 0.1) is 6.10 Å². The Morgan fingerprint density at radius 2 is 2.00 bits per heavy atom. The number of benzene rings is 1. The first-order valence-corrected chi connectivity index (χ1v) is 7.25. The first-order valence-electron chi connectivity index (χ1n) is 7.25. The summed E-state index contributed by atoms with van der Waals surface area (Å²) < 4.78 is 5.69. The molecule has 4 nitrogen and oxygen atoms in total. The van der Waals surface area contributed by atoms with Crippen LogP contribution in [0.4, 0.5) is 0 Å². The summed E-state index contributed by atoms with van der Waals surface area (Å²) in [6.45, 7) is 5.52. The average molecular weight is 277 g/mol. The number of carbonyl (C=O) groups is 1. The summed E-state index contributed by atoms with van der Waals surface area (Å²) in [7, 11) is 0. The molecule has 1 saturated heterocycles. The van der Waals surface area contributed by atoms with Gasteiger partial charge >= 0.3 is 0 Å². The summed E-state index contributed by atoms with van der Waals surface area (Å²) in [4.78, 5) is 13.8. The maximum Gasteiger partial charge on any atom is 0.260 e. The van der Waals surface area contributed by atoms with Crippen LogP contribution in [0.25, 0.3) is 0 Å². The van der Waals surface area contributed by atoms with Crippen molar-refractivity contribution in [3.63, 3.8) is 0 Å². The zero-order chi connectivity index (χ0) is 14.5. The molecule has 1 aliphatic rings. The minimum Gasteiger partial charge on any atom is -0.483 e. The number of hydrogen-bond donors (Lipinski definition) is 1. The Labute approximate surface area is 120 Å². The number of para-hydroxylation sites is 1. The highest BCUT2D eigenvalue weighted by molar-refractivity contribution is 5.77. The molecule has 1 aromatic rings. The minimum atomic E-state index is -0.262. The van der Waals surface area contributed by atoms with Gasteiger partial charge in [-0.3, -0.25) is 4.79 Å². The molecule has 1 heterocycles. The van der Waals surface area contributed by atoms with Crippen LogP contribution in [0.1, 0.15) is 38.2 Å². The van der Waals surface area contributed by atoms with Crippen LogP contribution in [-0.2, 0) is 4.79 Å². The van der Waals surface area contributed by atoms with Crippen molar-refractivity contribution in [3.8, 4) is 5.75 Å². The molecule has 0 unspecified atom stereocenters. The molecule has 1 fully saturated rings. The van der Waals surface area contributed by atoms with Crippen LogP contribution < -0.4 is 4.74 Å². The van der Waals surface area contributed by atoms with Gasteiger partial charge in [0.25, 0.3) is 5.91 Å². The van der Waals surface area contributed by atoms with Crippen molar-refractivity contribution in [3.05, 3.63) is 29.8 Å². The van der Waals surface area contributed by atoms with Gasteiger partial charge in [-0.25, -0.2) is 0 Å². The fraction of sp³-hybridized carbons (Fsp3) is 0.562. The predicted octanol–water partition coefficient (Wildman–Crippen LogP) is 2.17. The van der Waals surface area contributed by atoms with Gasteiger partial charge in [0.15, 0.2) is 6.61 Å². The molecule has 0 atom stereocenters. The van der Waals surface area contributed by atoms with E-state index in [0.717, 1.165) is 11.3 Å². The molecule has 1 amide bonds. The average Bonchev–Trinajstić information content (AvgIpc) is 2.45. The number of aliphatic hydroxyl groups excluding tert-OH is 1. The fourth-order valence-corrected chi connectivity index (χ4v) is 2.43. The van der Waals surface area contributed by atoms with Gasteiger partial charge in [-0.05, 0) is 30.4 Å². The summed E-state index contributed by atoms with van der Waals surface area (Å²) in [6, 6.07) is 7.84. The lowest BCUT2D eigenvalue weighted by Crippen LogP contribution is -2.42. The molecular formula is C16H23NO3. The van der Waals surface area contributed by atoms with Gasteiger partial charge in [0.2, 0.25) is 0 Å². The molecule has 1 aromatic carbocycles. The third kappa shape index (κ3) is 3.73. The number of ether oxygens (including phenoxy) is 1. The van der Waals surface area contributed by atoms with Crippen LogP contribution in [0, 0.1) is 0 Å². The van der Waals surface area contributed by atoms with E-state index in [1.54, 1.807) is 4.90 Å². The maximum atomic E-state index is 12.1. The number of rotatable bonds is 4. The molecule has 0 spiro atoms. The monoisotopic (exact) mass is 277 g/mol. The summed E-state index contributed by atoms with van der Waals surface area (Å²) in [5, 5.41) is 9.44. The van der Waals surface area contributed by atoms with Gasteiger partial charge in [-0.2, -0.15) is 0 Å². The van der Waals surface area contributed by atoms with Crippen LogP contribution in [0.15, 0.2) is 24.3 Å². The van der Waals surface area contributed by atoms with Gasteiger partial charge in [-0.1, -0.05) is 32.0 Å². The zero-order valence-electron chi connectivity index (χ0n) is 12.2. The van der Waals surface area contributed by atoms with E-state index in [-0.39, 0.29) is 18.6 Å². The van der Waals surface area contributed by atoms with Crippen molar-refractivity contribution in [2.45, 2.75) is 38.7 Å². The second kappa shape index (κ2) is 6.75. The fourth-order valence-electron chi connectivity index (χ4n) is 2.43. The van der Waals surface area contributed by atoms with E-state index in [1.807, 2.05) is 24.3 Å². The normalized spacial score (nSPS) is 16.5. The first kappa shape index (κ1) is 14.9. The summed E-state index contributed by atoms with van der Waals surface area (Å²) in [6.07, 6.45) is 1.06. The van der Waals surface area contributed by atoms with Gasteiger partial charge in [0, 0.05) is 13.1 Å². The predicted molar refractivity (Wildman–Crippen MR) is 77.8 cm³/mol. The molecule has 1 N–H and O–H groups in total. The Morgan fingerprint density at radius 3 is 2.65 bits per heavy atom. The molecule has 0 aromatic heterocycles. The number of amides is 1. The van der Waals surface area contributed by atoms with Crippen LogP contribution in [0.2, 0.25) is 0 Å². The molecule has 0 bridgehead atoms. The van der Waals surface area contributed by atoms with Crippen molar-refractivity contribution in [1.82, 2.24) is 4.90 Å². The van der Waals surface area contributed by atoms with Crippen molar-refractivity contribution < 1.29 is 14.6 Å². The van der Waals surface area contributed by atoms with Crippen molar-refractivity contribution in [2.75, 3.05) is 19.7 Å². The largest absolute Gasteiger partial charge is 0.483 e. The van der Waals surface area contributed by atoms with Crippen LogP contribution in [0.5, 0.6) is 5.75 Å². The second-order valence-electron chi connectivity index (χ2n) is 5.59. The third-order valence-corrected chi connectivity index (χ3v) is 3.71. The van der Waals surface area contributed by atoms with E-state index in [0.29, 0.717) is 31.8 Å². The molecule has 1 aliphatic heterocycles. The maximum absolute atomic E-state index is 12.1. The Hall–Kier alpha value is -1.55. The number of likely N-dealkylation sites (tertiary alicyclic amines) is 1. The summed E-state index contributed by atoms with van der Waals surface area (Å²) in [5.41, 5.74) is 1.12. The lowest BCUT2D eigenvalue weighted by Gasteiger charge is -2.29. The van der Waals surface area contributed by atoms with Crippen LogP contribution in [0.3, 0.4) is 0 Å². The van der Waals surface area contributed by atoms with Gasteiger partial charge in [0.1, 0.15) is 5.75 Å². The highest BCUT2D eigenvalue weighted by atomic mass is 16.5. The second-order valence-corrected chi connectivity index (χ2v) is 5.59. The third-order valence-electron chi connectivity index (χ3n) is 3.71. The number of piperidine rings is 1. The molecule has 0 aliphatic carbocycles. The Bertz CT molecular complexity index is 451. The van der Waals surface area contributed by atoms with E-state index in [9.17, 15) is 9.90 Å². The lowest BCUT2D eigenvalue weighted by molar-refractivity contribution is -0.135. The molecule has 20 heavy (non-hydrogen) atoms. The van der Waals surface area contributed by atoms with E-state index >= 15 is 0 Å². The zero-order valence-corrected chi connectivity index (χ0v) is 12.2. The number of aliphatic hydroxyl groups is 1. The van der Waals surface area contributed by atoms with Crippen LogP contribution in [-0.4, -0.2) is 41.7 Å². The number of carbonyl (C=O) groups excluding carboxylic acids is 1. The SMILES string of the molecule is CC(C)c1ccccc1OCC(=O)N1CCC(O)CC1. The number of nitrogens with zero attached hydrogens (tertiary/aromatic N) is 1. The highest BCUT2D eigenvalue weighted by Gasteiger charge is 2.21. The minimum absolute atomic E-state index is 0.00420. The lowest BCUT2D eigenvalue weighted by atomic mass is 10.0. The van der Waals surface area contributed by atoms with Crippen molar-refractivity contribution >= 4 is 5.91 Å².